The molecule has 0 spiro atoms. The van der Waals surface area contributed by atoms with Gasteiger partial charge in [-0.1, -0.05) is 5.16 Å². The zero-order chi connectivity index (χ0) is 11.1. The van der Waals surface area contributed by atoms with Gasteiger partial charge >= 0.3 is 0 Å². The quantitative estimate of drug-likeness (QED) is 0.424. The van der Waals surface area contributed by atoms with Crippen LogP contribution in [0.25, 0.3) is 0 Å². The van der Waals surface area contributed by atoms with E-state index in [2.05, 4.69) is 29.1 Å². The molecule has 1 saturated heterocycles. The molecule has 0 amide bonds. The second-order valence-corrected chi connectivity index (χ2v) is 4.52. The van der Waals surface area contributed by atoms with Gasteiger partial charge in [-0.25, -0.2) is 0 Å². The zero-order valence-electron chi connectivity index (χ0n) is 9.95. The van der Waals surface area contributed by atoms with Crippen molar-refractivity contribution in [1.29, 1.82) is 0 Å². The van der Waals surface area contributed by atoms with Crippen LogP contribution in [0.1, 0.15) is 25.7 Å². The van der Waals surface area contributed by atoms with Crippen molar-refractivity contribution < 1.29 is 5.21 Å². The van der Waals surface area contributed by atoms with Gasteiger partial charge in [-0.15, -0.1) is 0 Å². The Morgan fingerprint density at radius 1 is 1.27 bits per heavy atom. The third-order valence-electron chi connectivity index (χ3n) is 2.90. The molecule has 0 aromatic heterocycles. The van der Waals surface area contributed by atoms with Gasteiger partial charge in [-0.3, -0.25) is 0 Å². The second kappa shape index (κ2) is 6.80. The summed E-state index contributed by atoms with van der Waals surface area (Å²) in [5, 5.41) is 11.9. The number of nitrogens with zero attached hydrogens (tertiary/aromatic N) is 3. The van der Waals surface area contributed by atoms with E-state index >= 15 is 0 Å². The molecule has 0 radical (unpaired) electrons. The maximum atomic E-state index is 8.62. The molecule has 1 rings (SSSR count). The van der Waals surface area contributed by atoms with Gasteiger partial charge < -0.3 is 15.0 Å². The van der Waals surface area contributed by atoms with Gasteiger partial charge in [0.15, 0.2) is 0 Å². The highest BCUT2D eigenvalue weighted by atomic mass is 16.4. The van der Waals surface area contributed by atoms with Crippen LogP contribution in [0.2, 0.25) is 0 Å². The minimum Gasteiger partial charge on any atom is -0.411 e. The van der Waals surface area contributed by atoms with Gasteiger partial charge in [0.2, 0.25) is 0 Å². The summed E-state index contributed by atoms with van der Waals surface area (Å²) < 4.78 is 0. The van der Waals surface area contributed by atoms with Crippen molar-refractivity contribution in [2.24, 2.45) is 5.16 Å². The molecule has 0 saturated carbocycles. The molecule has 0 aromatic carbocycles. The highest BCUT2D eigenvalue weighted by Gasteiger charge is 2.14. The van der Waals surface area contributed by atoms with E-state index in [4.69, 9.17) is 5.21 Å². The largest absolute Gasteiger partial charge is 0.411 e. The van der Waals surface area contributed by atoms with E-state index in [-0.39, 0.29) is 0 Å². The standard InChI is InChI=1S/C11H23N3O/c1-13(2)7-3-4-8-14-9-5-11(12-15)6-10-14/h15H,3-10H2,1-2H3. The van der Waals surface area contributed by atoms with Crippen molar-refractivity contribution in [2.45, 2.75) is 25.7 Å². The molecule has 0 bridgehead atoms. The average Bonchev–Trinajstić information content (AvgIpc) is 2.25. The van der Waals surface area contributed by atoms with Crippen molar-refractivity contribution in [3.8, 4) is 0 Å². The fraction of sp³-hybridized carbons (Fsp3) is 0.909. The summed E-state index contributed by atoms with van der Waals surface area (Å²) in [4.78, 5) is 4.69. The molecule has 15 heavy (non-hydrogen) atoms. The van der Waals surface area contributed by atoms with Gasteiger partial charge in [0.1, 0.15) is 0 Å². The van der Waals surface area contributed by atoms with Crippen LogP contribution < -0.4 is 0 Å². The molecule has 0 atom stereocenters. The Balaban J connectivity index is 2.04. The highest BCUT2D eigenvalue weighted by molar-refractivity contribution is 5.84. The first-order chi connectivity index (χ1) is 7.22. The fourth-order valence-electron chi connectivity index (χ4n) is 1.90. The van der Waals surface area contributed by atoms with Crippen molar-refractivity contribution in [2.75, 3.05) is 40.3 Å². The summed E-state index contributed by atoms with van der Waals surface area (Å²) in [6.07, 6.45) is 4.41. The normalized spacial score (nSPS) is 18.5. The molecule has 4 nitrogen and oxygen atoms in total. The fourth-order valence-corrected chi connectivity index (χ4v) is 1.90. The molecule has 1 heterocycles. The lowest BCUT2D eigenvalue weighted by Gasteiger charge is -2.26. The van der Waals surface area contributed by atoms with E-state index in [9.17, 15) is 0 Å². The number of hydrogen-bond donors (Lipinski definition) is 1. The van der Waals surface area contributed by atoms with Gasteiger partial charge in [0, 0.05) is 25.9 Å². The van der Waals surface area contributed by atoms with Gasteiger partial charge in [-0.2, -0.15) is 0 Å². The third kappa shape index (κ3) is 5.14. The molecular formula is C11H23N3O. The predicted molar refractivity (Wildman–Crippen MR) is 62.7 cm³/mol. The zero-order valence-corrected chi connectivity index (χ0v) is 9.95. The van der Waals surface area contributed by atoms with E-state index in [1.54, 1.807) is 0 Å². The Morgan fingerprint density at radius 2 is 1.93 bits per heavy atom. The number of hydrogen-bond acceptors (Lipinski definition) is 4. The van der Waals surface area contributed by atoms with Crippen LogP contribution in [-0.4, -0.2) is 61.0 Å². The predicted octanol–water partition coefficient (Wildman–Crippen LogP) is 1.25. The summed E-state index contributed by atoms with van der Waals surface area (Å²) >= 11 is 0. The number of likely N-dealkylation sites (tertiary alicyclic amines) is 1. The molecule has 1 aliphatic rings. The van der Waals surface area contributed by atoms with Crippen LogP contribution in [0.15, 0.2) is 5.16 Å². The molecule has 88 valence electrons. The second-order valence-electron chi connectivity index (χ2n) is 4.52. The lowest BCUT2D eigenvalue weighted by molar-refractivity contribution is 0.254. The van der Waals surface area contributed by atoms with Crippen molar-refractivity contribution in [3.05, 3.63) is 0 Å². The van der Waals surface area contributed by atoms with Crippen molar-refractivity contribution in [1.82, 2.24) is 9.80 Å². The summed E-state index contributed by atoms with van der Waals surface area (Å²) in [6, 6.07) is 0. The lowest BCUT2D eigenvalue weighted by Crippen LogP contribution is -2.34. The lowest BCUT2D eigenvalue weighted by atomic mass is 10.1. The molecule has 1 fully saturated rings. The van der Waals surface area contributed by atoms with Crippen LogP contribution in [0, 0.1) is 0 Å². The maximum absolute atomic E-state index is 8.62. The molecule has 0 aromatic rings. The molecule has 0 unspecified atom stereocenters. The minimum atomic E-state index is 0.935. The molecule has 4 heteroatoms. The van der Waals surface area contributed by atoms with E-state index in [0.717, 1.165) is 31.6 Å². The van der Waals surface area contributed by atoms with Crippen LogP contribution in [0.3, 0.4) is 0 Å². The highest BCUT2D eigenvalue weighted by Crippen LogP contribution is 2.08. The van der Waals surface area contributed by atoms with Gasteiger partial charge in [0.05, 0.1) is 5.71 Å². The minimum absolute atomic E-state index is 0.935. The first-order valence-electron chi connectivity index (χ1n) is 5.79. The smallest absolute Gasteiger partial charge is 0.0596 e. The monoisotopic (exact) mass is 213 g/mol. The Hall–Kier alpha value is -0.610. The first kappa shape index (κ1) is 12.5. The van der Waals surface area contributed by atoms with Gasteiger partial charge in [0.25, 0.3) is 0 Å². The topological polar surface area (TPSA) is 39.1 Å². The molecule has 0 aliphatic carbocycles. The SMILES string of the molecule is CN(C)CCCCN1CCC(=NO)CC1. The van der Waals surface area contributed by atoms with Gasteiger partial charge in [-0.05, 0) is 40.0 Å². The van der Waals surface area contributed by atoms with E-state index in [1.807, 2.05) is 0 Å². The van der Waals surface area contributed by atoms with Crippen LogP contribution in [0.5, 0.6) is 0 Å². The van der Waals surface area contributed by atoms with Crippen molar-refractivity contribution in [3.63, 3.8) is 0 Å². The number of oxime groups is 1. The van der Waals surface area contributed by atoms with Crippen LogP contribution >= 0.6 is 0 Å². The molecular weight excluding hydrogens is 190 g/mol. The molecule has 1 N–H and O–H groups in total. The average molecular weight is 213 g/mol. The number of unbranched alkanes of at least 4 members (excludes halogenated alkanes) is 1. The Bertz CT molecular complexity index is 194. The molecule has 1 aliphatic heterocycles. The first-order valence-corrected chi connectivity index (χ1v) is 5.79. The summed E-state index contributed by atoms with van der Waals surface area (Å²) in [7, 11) is 4.23. The summed E-state index contributed by atoms with van der Waals surface area (Å²) in [6.45, 7) is 4.48. The van der Waals surface area contributed by atoms with E-state index < -0.39 is 0 Å². The van der Waals surface area contributed by atoms with Crippen LogP contribution in [0.4, 0.5) is 0 Å². The number of rotatable bonds is 5. The maximum Gasteiger partial charge on any atom is 0.0596 e. The summed E-state index contributed by atoms with van der Waals surface area (Å²) in [5.41, 5.74) is 0.958. The number of piperidine rings is 1. The Labute approximate surface area is 92.5 Å². The Kier molecular flexibility index (Phi) is 5.65. The van der Waals surface area contributed by atoms with Crippen molar-refractivity contribution >= 4 is 5.71 Å². The Morgan fingerprint density at radius 3 is 2.47 bits per heavy atom. The third-order valence-corrected chi connectivity index (χ3v) is 2.90. The summed E-state index contributed by atoms with van der Waals surface area (Å²) in [5.74, 6) is 0. The van der Waals surface area contributed by atoms with E-state index in [1.165, 1.54) is 25.9 Å². The van der Waals surface area contributed by atoms with E-state index in [0.29, 0.717) is 0 Å². The van der Waals surface area contributed by atoms with Crippen LogP contribution in [-0.2, 0) is 0 Å².